The molecule has 2 rings (SSSR count). The molecule has 2 N–H and O–H groups in total. The molecule has 0 heterocycles. The molecular weight excluding hydrogens is 504 g/mol. The largest absolute Gasteiger partial charge is 0.369 e. The van der Waals surface area contributed by atoms with Crippen molar-refractivity contribution in [3.8, 4) is 0 Å². The molecule has 164 valence electrons. The second-order valence-electron chi connectivity index (χ2n) is 9.65. The van der Waals surface area contributed by atoms with Gasteiger partial charge < -0.3 is 10.3 Å². The smallest absolute Gasteiger partial charge is 0.221 e. The van der Waals surface area contributed by atoms with E-state index in [0.717, 1.165) is 10.9 Å². The molecule has 0 bridgehead atoms. The van der Waals surface area contributed by atoms with Gasteiger partial charge in [0.15, 0.2) is 0 Å². The topological polar surface area (TPSA) is 60.2 Å². The van der Waals surface area contributed by atoms with Gasteiger partial charge in [-0.05, 0) is 43.9 Å². The normalized spacial score (nSPS) is 15.5. The second kappa shape index (κ2) is 9.16. The Kier molecular flexibility index (Phi) is 7.67. The quantitative estimate of drug-likeness (QED) is 0.244. The van der Waals surface area contributed by atoms with Crippen molar-refractivity contribution >= 4 is 40.9 Å². The highest BCUT2D eigenvalue weighted by Gasteiger charge is 2.46. The van der Waals surface area contributed by atoms with Crippen LogP contribution in [0.25, 0.3) is 0 Å². The van der Waals surface area contributed by atoms with Crippen LogP contribution < -0.4 is 11.0 Å². The summed E-state index contributed by atoms with van der Waals surface area (Å²) >= 11 is 2.28. The Bertz CT molecular complexity index is 938. The van der Waals surface area contributed by atoms with Crippen LogP contribution >= 0.6 is 29.7 Å². The van der Waals surface area contributed by atoms with Gasteiger partial charge in [0.05, 0.1) is 5.92 Å². The van der Waals surface area contributed by atoms with Gasteiger partial charge in [-0.3, -0.25) is 4.79 Å². The molecule has 3 nitrogen and oxygen atoms in total. The molecule has 2 aromatic rings. The summed E-state index contributed by atoms with van der Waals surface area (Å²) in [5, 5.41) is 0.268. The molecule has 2 atom stereocenters. The van der Waals surface area contributed by atoms with Gasteiger partial charge in [0.1, 0.15) is 7.14 Å². The predicted molar refractivity (Wildman–Crippen MR) is 138 cm³/mol. The van der Waals surface area contributed by atoms with E-state index in [4.69, 9.17) is 5.73 Å². The van der Waals surface area contributed by atoms with E-state index in [1.54, 1.807) is 0 Å². The Labute approximate surface area is 195 Å². The number of alkyl halides is 1. The maximum atomic E-state index is 14.9. The van der Waals surface area contributed by atoms with Crippen molar-refractivity contribution in [3.63, 3.8) is 0 Å². The Morgan fingerprint density at radius 3 is 1.97 bits per heavy atom. The van der Waals surface area contributed by atoms with E-state index in [-0.39, 0.29) is 15.2 Å². The van der Waals surface area contributed by atoms with Gasteiger partial charge in [-0.15, -0.1) is 0 Å². The Balaban J connectivity index is 2.63. The molecule has 0 saturated heterocycles. The molecule has 0 radical (unpaired) electrons. The Hall–Kier alpha value is -1.13. The SMILES string of the molecule is Cc1cc(C)c(CP(=O)(c2ccccc2)C(C)(C)CC(C(N)=O)C(C)(C)I)c(C)c1. The zero-order chi connectivity index (χ0) is 22.9. The summed E-state index contributed by atoms with van der Waals surface area (Å²) in [6.45, 7) is 14.4. The van der Waals surface area contributed by atoms with Gasteiger partial charge in [0.2, 0.25) is 5.91 Å². The van der Waals surface area contributed by atoms with Crippen molar-refractivity contribution in [2.24, 2.45) is 11.7 Å². The van der Waals surface area contributed by atoms with Gasteiger partial charge in [0.25, 0.3) is 0 Å². The molecule has 30 heavy (non-hydrogen) atoms. The van der Waals surface area contributed by atoms with E-state index < -0.39 is 12.3 Å². The highest BCUT2D eigenvalue weighted by atomic mass is 127. The first-order valence-electron chi connectivity index (χ1n) is 10.4. The fourth-order valence-electron chi connectivity index (χ4n) is 4.33. The number of carbonyl (C=O) groups excluding carboxylic acids is 1. The monoisotopic (exact) mass is 539 g/mol. The fraction of sp³-hybridized carbons (Fsp3) is 0.480. The fourth-order valence-corrected chi connectivity index (χ4v) is 8.25. The third kappa shape index (κ3) is 5.37. The van der Waals surface area contributed by atoms with Crippen molar-refractivity contribution in [1.29, 1.82) is 0 Å². The van der Waals surface area contributed by atoms with E-state index >= 15 is 0 Å². The highest BCUT2D eigenvalue weighted by Crippen LogP contribution is 2.62. The molecule has 0 saturated carbocycles. The van der Waals surface area contributed by atoms with Crippen molar-refractivity contribution in [2.75, 3.05) is 0 Å². The van der Waals surface area contributed by atoms with E-state index in [1.807, 2.05) is 58.0 Å². The number of rotatable bonds is 8. The number of halogens is 1. The van der Waals surface area contributed by atoms with Gasteiger partial charge in [-0.25, -0.2) is 0 Å². The zero-order valence-electron chi connectivity index (χ0n) is 19.3. The summed E-state index contributed by atoms with van der Waals surface area (Å²) < 4.78 is 14.6. The third-order valence-electron chi connectivity index (χ3n) is 6.25. The molecule has 1 amide bonds. The first kappa shape index (κ1) is 25.1. The van der Waals surface area contributed by atoms with E-state index in [1.165, 1.54) is 16.7 Å². The van der Waals surface area contributed by atoms with Crippen LogP contribution in [0, 0.1) is 26.7 Å². The minimum Gasteiger partial charge on any atom is -0.369 e. The molecule has 2 aromatic carbocycles. The van der Waals surface area contributed by atoms with Gasteiger partial charge in [-0.2, -0.15) is 0 Å². The number of hydrogen-bond donors (Lipinski definition) is 1. The predicted octanol–water partition coefficient (Wildman–Crippen LogP) is 6.28. The lowest BCUT2D eigenvalue weighted by Crippen LogP contribution is -2.42. The first-order chi connectivity index (χ1) is 13.7. The second-order valence-corrected chi connectivity index (χ2v) is 15.9. The van der Waals surface area contributed by atoms with Crippen molar-refractivity contribution in [1.82, 2.24) is 0 Å². The molecule has 0 aliphatic rings. The zero-order valence-corrected chi connectivity index (χ0v) is 22.3. The molecule has 0 aliphatic heterocycles. The highest BCUT2D eigenvalue weighted by molar-refractivity contribution is 14.1. The summed E-state index contributed by atoms with van der Waals surface area (Å²) in [5.41, 5.74) is 10.5. The van der Waals surface area contributed by atoms with Crippen LogP contribution in [0.5, 0.6) is 0 Å². The summed E-state index contributed by atoms with van der Waals surface area (Å²) in [5.74, 6) is -0.699. The van der Waals surface area contributed by atoms with Crippen LogP contribution in [-0.4, -0.2) is 14.5 Å². The third-order valence-corrected chi connectivity index (χ3v) is 11.0. The Morgan fingerprint density at radius 2 is 1.53 bits per heavy atom. The van der Waals surface area contributed by atoms with Crippen LogP contribution in [-0.2, 0) is 15.5 Å². The lowest BCUT2D eigenvalue weighted by atomic mass is 9.86. The van der Waals surface area contributed by atoms with Crippen molar-refractivity contribution in [2.45, 2.75) is 69.6 Å². The van der Waals surface area contributed by atoms with E-state index in [2.05, 4.69) is 55.5 Å². The average molecular weight is 539 g/mol. The van der Waals surface area contributed by atoms with Crippen LogP contribution in [0.4, 0.5) is 0 Å². The van der Waals surface area contributed by atoms with Crippen molar-refractivity contribution < 1.29 is 9.36 Å². The maximum absolute atomic E-state index is 14.9. The number of nitrogens with two attached hydrogens (primary N) is 1. The lowest BCUT2D eigenvalue weighted by Gasteiger charge is -2.40. The molecule has 0 fully saturated rings. The number of primary amides is 1. The summed E-state index contributed by atoms with van der Waals surface area (Å²) in [6.07, 6.45) is 0.962. The molecule has 0 aliphatic carbocycles. The molecule has 5 heteroatoms. The number of aryl methyl sites for hydroxylation is 3. The van der Waals surface area contributed by atoms with Crippen LogP contribution in [0.1, 0.15) is 56.4 Å². The number of amides is 1. The average Bonchev–Trinajstić information content (AvgIpc) is 2.62. The summed E-state index contributed by atoms with van der Waals surface area (Å²) in [4.78, 5) is 12.3. The minimum absolute atomic E-state index is 0.321. The van der Waals surface area contributed by atoms with Gasteiger partial charge in [0, 0.05) is 20.0 Å². The molecule has 0 spiro atoms. The molecular formula is C25H35INO2P. The van der Waals surface area contributed by atoms with Gasteiger partial charge in [-0.1, -0.05) is 98.3 Å². The minimum atomic E-state index is -2.94. The Morgan fingerprint density at radius 1 is 1.03 bits per heavy atom. The van der Waals surface area contributed by atoms with Crippen LogP contribution in [0.15, 0.2) is 42.5 Å². The number of carbonyl (C=O) groups is 1. The van der Waals surface area contributed by atoms with Crippen molar-refractivity contribution in [3.05, 3.63) is 64.7 Å². The first-order valence-corrected chi connectivity index (χ1v) is 13.4. The molecule has 2 unspecified atom stereocenters. The number of benzene rings is 2. The summed E-state index contributed by atoms with van der Waals surface area (Å²) in [6, 6.07) is 14.1. The van der Waals surface area contributed by atoms with Crippen LogP contribution in [0.2, 0.25) is 0 Å². The standard InChI is InChI=1S/C25H35INO2P/c1-17-13-18(2)21(19(3)14-17)16-30(29,20-11-9-8-10-12-20)24(4,5)15-22(23(27)28)25(6,7)26/h8-14,22H,15-16H2,1-7H3,(H2,27,28). The van der Waals surface area contributed by atoms with E-state index in [9.17, 15) is 9.36 Å². The molecule has 0 aromatic heterocycles. The summed E-state index contributed by atoms with van der Waals surface area (Å²) in [7, 11) is -2.94. The van der Waals surface area contributed by atoms with Gasteiger partial charge >= 0.3 is 0 Å². The van der Waals surface area contributed by atoms with E-state index in [0.29, 0.717) is 12.6 Å². The maximum Gasteiger partial charge on any atom is 0.221 e. The van der Waals surface area contributed by atoms with Crippen LogP contribution in [0.3, 0.4) is 0 Å². The number of hydrogen-bond acceptors (Lipinski definition) is 2. The lowest BCUT2D eigenvalue weighted by molar-refractivity contribution is -0.122.